The second kappa shape index (κ2) is 6.91. The van der Waals surface area contributed by atoms with E-state index in [9.17, 15) is 9.59 Å². The molecule has 0 aliphatic heterocycles. The van der Waals surface area contributed by atoms with Crippen LogP contribution < -0.4 is 5.32 Å². The van der Waals surface area contributed by atoms with Gasteiger partial charge in [-0.1, -0.05) is 12.1 Å². The smallest absolute Gasteiger partial charge is 0.408 e. The summed E-state index contributed by atoms with van der Waals surface area (Å²) in [4.78, 5) is 22.7. The first-order valence-electron chi connectivity index (χ1n) is 6.14. The minimum absolute atomic E-state index is 0.0252. The highest BCUT2D eigenvalue weighted by Gasteiger charge is 2.15. The van der Waals surface area contributed by atoms with Gasteiger partial charge in [0.1, 0.15) is 18.1 Å². The Kier molecular flexibility index (Phi) is 4.72. The van der Waals surface area contributed by atoms with Crippen molar-refractivity contribution in [2.75, 3.05) is 0 Å². The minimum Gasteiger partial charge on any atom is -0.466 e. The molecule has 1 unspecified atom stereocenters. The lowest BCUT2D eigenvalue weighted by Gasteiger charge is -2.13. The monoisotopic (exact) mass is 284 g/mol. The van der Waals surface area contributed by atoms with Crippen LogP contribution in [0.25, 0.3) is 0 Å². The summed E-state index contributed by atoms with van der Waals surface area (Å²) in [6, 6.07) is 10.9. The van der Waals surface area contributed by atoms with Crippen LogP contribution in [0, 0.1) is 11.3 Å². The van der Waals surface area contributed by atoms with Crippen molar-refractivity contribution in [2.45, 2.75) is 12.6 Å². The number of ether oxygens (including phenoxy) is 1. The van der Waals surface area contributed by atoms with Crippen molar-refractivity contribution in [3.8, 4) is 6.07 Å². The van der Waals surface area contributed by atoms with Gasteiger partial charge in [-0.05, 0) is 29.8 Å². The molecule has 6 heteroatoms. The molecule has 1 N–H and O–H groups in total. The number of furan rings is 1. The maximum Gasteiger partial charge on any atom is 0.408 e. The highest BCUT2D eigenvalue weighted by molar-refractivity contribution is 5.74. The van der Waals surface area contributed by atoms with Crippen LogP contribution in [0.2, 0.25) is 0 Å². The maximum absolute atomic E-state index is 11.6. The number of nitriles is 1. The van der Waals surface area contributed by atoms with Crippen LogP contribution in [-0.2, 0) is 16.1 Å². The van der Waals surface area contributed by atoms with Crippen LogP contribution >= 0.6 is 0 Å². The number of amides is 1. The molecule has 1 amide bonds. The highest BCUT2D eigenvalue weighted by Crippen LogP contribution is 2.13. The first-order valence-corrected chi connectivity index (χ1v) is 6.14. The van der Waals surface area contributed by atoms with Crippen LogP contribution in [0.5, 0.6) is 0 Å². The van der Waals surface area contributed by atoms with Gasteiger partial charge in [0.25, 0.3) is 0 Å². The van der Waals surface area contributed by atoms with E-state index in [-0.39, 0.29) is 6.61 Å². The van der Waals surface area contributed by atoms with E-state index in [2.05, 4.69) is 5.32 Å². The molecule has 2 rings (SSSR count). The van der Waals surface area contributed by atoms with Crippen LogP contribution in [0.4, 0.5) is 4.79 Å². The topological polar surface area (TPSA) is 92.3 Å². The normalized spacial score (nSPS) is 11.2. The summed E-state index contributed by atoms with van der Waals surface area (Å²) >= 11 is 0. The van der Waals surface area contributed by atoms with Crippen LogP contribution in [0.1, 0.15) is 22.9 Å². The molecule has 0 fully saturated rings. The van der Waals surface area contributed by atoms with Gasteiger partial charge >= 0.3 is 6.09 Å². The van der Waals surface area contributed by atoms with Gasteiger partial charge in [0.15, 0.2) is 6.61 Å². The molecule has 0 saturated heterocycles. The van der Waals surface area contributed by atoms with Gasteiger partial charge in [-0.3, -0.25) is 0 Å². The SMILES string of the molecule is N#Cc1cccc(C(C=O)NC(=O)OCc2ccco2)c1. The third kappa shape index (κ3) is 3.94. The van der Waals surface area contributed by atoms with Gasteiger partial charge in [-0.25, -0.2) is 4.79 Å². The van der Waals surface area contributed by atoms with E-state index in [1.165, 1.54) is 12.3 Å². The Morgan fingerprint density at radius 3 is 2.95 bits per heavy atom. The van der Waals surface area contributed by atoms with Crippen molar-refractivity contribution in [2.24, 2.45) is 0 Å². The van der Waals surface area contributed by atoms with Crippen molar-refractivity contribution in [1.29, 1.82) is 5.26 Å². The van der Waals surface area contributed by atoms with Gasteiger partial charge < -0.3 is 19.3 Å². The maximum atomic E-state index is 11.6. The zero-order valence-corrected chi connectivity index (χ0v) is 11.0. The predicted octanol–water partition coefficient (Wildman–Crippen LogP) is 2.32. The molecule has 0 aliphatic carbocycles. The quantitative estimate of drug-likeness (QED) is 0.850. The Bertz CT molecular complexity index is 659. The number of carbonyl (C=O) groups excluding carboxylic acids is 2. The fourth-order valence-electron chi connectivity index (χ4n) is 1.70. The summed E-state index contributed by atoms with van der Waals surface area (Å²) in [7, 11) is 0. The zero-order valence-electron chi connectivity index (χ0n) is 11.0. The molecule has 0 spiro atoms. The number of benzene rings is 1. The average Bonchev–Trinajstić information content (AvgIpc) is 3.04. The van der Waals surface area contributed by atoms with Crippen molar-refractivity contribution in [3.63, 3.8) is 0 Å². The van der Waals surface area contributed by atoms with Gasteiger partial charge in [0.2, 0.25) is 0 Å². The lowest BCUT2D eigenvalue weighted by Crippen LogP contribution is -2.30. The fourth-order valence-corrected chi connectivity index (χ4v) is 1.70. The number of aldehydes is 1. The van der Waals surface area contributed by atoms with E-state index in [0.29, 0.717) is 23.2 Å². The Morgan fingerprint density at radius 1 is 1.43 bits per heavy atom. The number of hydrogen-bond donors (Lipinski definition) is 1. The third-order valence-electron chi connectivity index (χ3n) is 2.71. The van der Waals surface area contributed by atoms with Gasteiger partial charge in [-0.15, -0.1) is 0 Å². The van der Waals surface area contributed by atoms with E-state index in [1.54, 1.807) is 30.3 Å². The standard InChI is InChI=1S/C15H12N2O4/c16-8-11-3-1-4-12(7-11)14(9-18)17-15(19)21-10-13-5-2-6-20-13/h1-7,9,14H,10H2,(H,17,19). The molecular weight excluding hydrogens is 272 g/mol. The highest BCUT2D eigenvalue weighted by atomic mass is 16.6. The van der Waals surface area contributed by atoms with E-state index in [4.69, 9.17) is 14.4 Å². The molecular formula is C15H12N2O4. The number of alkyl carbamates (subject to hydrolysis) is 1. The van der Waals surface area contributed by atoms with Gasteiger partial charge in [-0.2, -0.15) is 5.26 Å². The lowest BCUT2D eigenvalue weighted by molar-refractivity contribution is -0.109. The Hall–Kier alpha value is -3.07. The molecule has 2 aromatic rings. The van der Waals surface area contributed by atoms with Crippen molar-refractivity contribution >= 4 is 12.4 Å². The Labute approximate surface area is 120 Å². The third-order valence-corrected chi connectivity index (χ3v) is 2.71. The van der Waals surface area contributed by atoms with Crippen LogP contribution in [0.15, 0.2) is 47.1 Å². The second-order valence-corrected chi connectivity index (χ2v) is 4.15. The van der Waals surface area contributed by atoms with Crippen molar-refractivity contribution in [3.05, 3.63) is 59.5 Å². The fraction of sp³-hybridized carbons (Fsp3) is 0.133. The van der Waals surface area contributed by atoms with E-state index >= 15 is 0 Å². The second-order valence-electron chi connectivity index (χ2n) is 4.15. The zero-order chi connectivity index (χ0) is 15.1. The molecule has 6 nitrogen and oxygen atoms in total. The Balaban J connectivity index is 1.96. The molecule has 21 heavy (non-hydrogen) atoms. The Morgan fingerprint density at radius 2 is 2.29 bits per heavy atom. The molecule has 1 heterocycles. The van der Waals surface area contributed by atoms with E-state index in [1.807, 2.05) is 6.07 Å². The number of hydrogen-bond acceptors (Lipinski definition) is 5. The van der Waals surface area contributed by atoms with Crippen LogP contribution in [0.3, 0.4) is 0 Å². The summed E-state index contributed by atoms with van der Waals surface area (Å²) in [5, 5.41) is 11.2. The number of carbonyl (C=O) groups is 2. The molecule has 0 bridgehead atoms. The summed E-state index contributed by atoms with van der Waals surface area (Å²) in [5.74, 6) is 0.499. The summed E-state index contributed by atoms with van der Waals surface area (Å²) in [5.41, 5.74) is 0.920. The number of rotatable bonds is 5. The average molecular weight is 284 g/mol. The first-order chi connectivity index (χ1) is 10.2. The molecule has 0 saturated carbocycles. The van der Waals surface area contributed by atoms with Crippen LogP contribution in [-0.4, -0.2) is 12.4 Å². The van der Waals surface area contributed by atoms with Crippen molar-refractivity contribution < 1.29 is 18.7 Å². The molecule has 0 aliphatic rings. The van der Waals surface area contributed by atoms with Gasteiger partial charge in [0, 0.05) is 0 Å². The van der Waals surface area contributed by atoms with Gasteiger partial charge in [0.05, 0.1) is 17.9 Å². The first kappa shape index (κ1) is 14.3. The molecule has 1 aromatic heterocycles. The molecule has 106 valence electrons. The summed E-state index contributed by atoms with van der Waals surface area (Å²) in [6.45, 7) is -0.0252. The molecule has 1 aromatic carbocycles. The molecule has 0 radical (unpaired) electrons. The lowest BCUT2D eigenvalue weighted by atomic mass is 10.1. The van der Waals surface area contributed by atoms with E-state index < -0.39 is 12.1 Å². The van der Waals surface area contributed by atoms with E-state index in [0.717, 1.165) is 0 Å². The number of nitrogens with zero attached hydrogens (tertiary/aromatic N) is 1. The minimum atomic E-state index is -0.873. The molecule has 1 atom stereocenters. The largest absolute Gasteiger partial charge is 0.466 e. The predicted molar refractivity (Wildman–Crippen MR) is 72.0 cm³/mol. The number of nitrogens with one attached hydrogen (secondary N) is 1. The summed E-state index contributed by atoms with van der Waals surface area (Å²) < 4.78 is 9.95. The van der Waals surface area contributed by atoms with Crippen molar-refractivity contribution in [1.82, 2.24) is 5.32 Å². The summed E-state index contributed by atoms with van der Waals surface area (Å²) in [6.07, 6.45) is 1.30.